The molecule has 0 atom stereocenters. The van der Waals surface area contributed by atoms with E-state index in [-0.39, 0.29) is 5.60 Å². The molecule has 0 amide bonds. The van der Waals surface area contributed by atoms with Crippen LogP contribution in [0.4, 0.5) is 0 Å². The quantitative estimate of drug-likeness (QED) is 0.186. The van der Waals surface area contributed by atoms with Gasteiger partial charge in [-0.15, -0.1) is 0 Å². The van der Waals surface area contributed by atoms with Gasteiger partial charge in [0.05, 0.1) is 5.60 Å². The maximum absolute atomic E-state index is 8.31. The zero-order valence-corrected chi connectivity index (χ0v) is 9.92. The molecule has 0 aliphatic carbocycles. The highest BCUT2D eigenvalue weighted by Crippen LogP contribution is 2.04. The number of unbranched alkanes of at least 4 members (excludes halogenated alkanes) is 1. The molecule has 15 heavy (non-hydrogen) atoms. The Hall–Kier alpha value is -0.810. The molecular formula is C10H23N3O2. The monoisotopic (exact) mass is 217 g/mol. The Morgan fingerprint density at radius 1 is 1.47 bits per heavy atom. The van der Waals surface area contributed by atoms with Crippen molar-refractivity contribution in [1.29, 1.82) is 0 Å². The summed E-state index contributed by atoms with van der Waals surface area (Å²) < 4.78 is 5.27. The average Bonchev–Trinajstić information content (AvgIpc) is 2.22. The van der Waals surface area contributed by atoms with Gasteiger partial charge in [-0.25, -0.2) is 0 Å². The number of hydrogen-bond donors (Lipinski definition) is 3. The van der Waals surface area contributed by atoms with Crippen molar-refractivity contribution in [2.24, 2.45) is 10.9 Å². The molecule has 4 N–H and O–H groups in total. The van der Waals surface area contributed by atoms with Crippen molar-refractivity contribution >= 4 is 5.84 Å². The molecule has 0 aliphatic rings. The van der Waals surface area contributed by atoms with E-state index < -0.39 is 0 Å². The molecule has 5 heteroatoms. The zero-order valence-electron chi connectivity index (χ0n) is 9.92. The summed E-state index contributed by atoms with van der Waals surface area (Å²) in [4.78, 5) is 0. The van der Waals surface area contributed by atoms with Crippen LogP contribution in [0.1, 0.15) is 33.1 Å². The van der Waals surface area contributed by atoms with E-state index in [2.05, 4.69) is 10.5 Å². The minimum absolute atomic E-state index is 0.119. The van der Waals surface area contributed by atoms with Crippen molar-refractivity contribution < 1.29 is 9.94 Å². The fraction of sp³-hybridized carbons (Fsp3) is 0.900. The molecule has 5 nitrogen and oxygen atoms in total. The zero-order chi connectivity index (χ0) is 11.7. The fourth-order valence-corrected chi connectivity index (χ4v) is 1.07. The van der Waals surface area contributed by atoms with E-state index in [0.29, 0.717) is 12.3 Å². The molecule has 0 aromatic rings. The Kier molecular flexibility index (Phi) is 7.07. The second kappa shape index (κ2) is 7.48. The third kappa shape index (κ3) is 8.20. The van der Waals surface area contributed by atoms with Gasteiger partial charge in [-0.1, -0.05) is 5.16 Å². The Bertz CT molecular complexity index is 193. The van der Waals surface area contributed by atoms with Crippen LogP contribution in [0.2, 0.25) is 0 Å². The summed E-state index contributed by atoms with van der Waals surface area (Å²) in [6.45, 7) is 5.82. The van der Waals surface area contributed by atoms with E-state index in [1.807, 2.05) is 13.8 Å². The van der Waals surface area contributed by atoms with E-state index >= 15 is 0 Å². The maximum Gasteiger partial charge on any atom is 0.139 e. The minimum atomic E-state index is -0.119. The second-order valence-corrected chi connectivity index (χ2v) is 4.19. The highest BCUT2D eigenvalue weighted by Gasteiger charge is 2.14. The number of nitrogens with two attached hydrogens (primary N) is 1. The standard InChI is InChI=1S/C10H23N3O2/c1-10(2,15-3)8-12-7-5-4-6-9(11)13-14/h12,14H,4-8H2,1-3H3,(H2,11,13). The third-order valence-electron chi connectivity index (χ3n) is 2.27. The Morgan fingerprint density at radius 2 is 2.13 bits per heavy atom. The molecule has 0 saturated heterocycles. The highest BCUT2D eigenvalue weighted by molar-refractivity contribution is 5.79. The van der Waals surface area contributed by atoms with E-state index in [4.69, 9.17) is 15.7 Å². The predicted octanol–water partition coefficient (Wildman–Crippen LogP) is 0.918. The summed E-state index contributed by atoms with van der Waals surface area (Å²) in [6, 6.07) is 0. The van der Waals surface area contributed by atoms with Crippen LogP contribution in [0.15, 0.2) is 5.16 Å². The lowest BCUT2D eigenvalue weighted by atomic mass is 10.1. The van der Waals surface area contributed by atoms with Crippen LogP contribution in [0, 0.1) is 0 Å². The summed E-state index contributed by atoms with van der Waals surface area (Å²) in [7, 11) is 1.71. The van der Waals surface area contributed by atoms with Crippen LogP contribution in [0.25, 0.3) is 0 Å². The van der Waals surface area contributed by atoms with Crippen molar-refractivity contribution in [3.8, 4) is 0 Å². The van der Waals surface area contributed by atoms with Crippen LogP contribution in [0.3, 0.4) is 0 Å². The fourth-order valence-electron chi connectivity index (χ4n) is 1.07. The van der Waals surface area contributed by atoms with Gasteiger partial charge in [0, 0.05) is 20.1 Å². The van der Waals surface area contributed by atoms with E-state index in [0.717, 1.165) is 25.9 Å². The molecule has 0 aromatic carbocycles. The molecule has 0 bridgehead atoms. The number of amidine groups is 1. The van der Waals surface area contributed by atoms with Crippen LogP contribution < -0.4 is 11.1 Å². The van der Waals surface area contributed by atoms with Gasteiger partial charge in [0.25, 0.3) is 0 Å². The van der Waals surface area contributed by atoms with Crippen LogP contribution in [-0.4, -0.2) is 36.8 Å². The minimum Gasteiger partial charge on any atom is -0.409 e. The normalized spacial score (nSPS) is 13.1. The number of hydrogen-bond acceptors (Lipinski definition) is 4. The first-order valence-corrected chi connectivity index (χ1v) is 5.24. The van der Waals surface area contributed by atoms with Gasteiger partial charge in [0.15, 0.2) is 0 Å². The molecule has 0 spiro atoms. The highest BCUT2D eigenvalue weighted by atomic mass is 16.5. The lowest BCUT2D eigenvalue weighted by molar-refractivity contribution is 0.0234. The Balaban J connectivity index is 3.33. The van der Waals surface area contributed by atoms with Gasteiger partial charge < -0.3 is 21.0 Å². The van der Waals surface area contributed by atoms with Gasteiger partial charge in [-0.3, -0.25) is 0 Å². The molecular weight excluding hydrogens is 194 g/mol. The lowest BCUT2D eigenvalue weighted by Gasteiger charge is -2.23. The summed E-state index contributed by atoms with van der Waals surface area (Å²) in [5, 5.41) is 14.5. The van der Waals surface area contributed by atoms with E-state index in [1.54, 1.807) is 7.11 Å². The molecule has 90 valence electrons. The van der Waals surface area contributed by atoms with Crippen molar-refractivity contribution in [2.75, 3.05) is 20.2 Å². The molecule has 0 saturated carbocycles. The van der Waals surface area contributed by atoms with Gasteiger partial charge in [-0.2, -0.15) is 0 Å². The van der Waals surface area contributed by atoms with Gasteiger partial charge in [-0.05, 0) is 33.2 Å². The molecule has 0 fully saturated rings. The average molecular weight is 217 g/mol. The Morgan fingerprint density at radius 3 is 2.67 bits per heavy atom. The molecule has 0 unspecified atom stereocenters. The van der Waals surface area contributed by atoms with E-state index in [1.165, 1.54) is 0 Å². The van der Waals surface area contributed by atoms with Gasteiger partial charge >= 0.3 is 0 Å². The van der Waals surface area contributed by atoms with Crippen molar-refractivity contribution in [3.63, 3.8) is 0 Å². The second-order valence-electron chi connectivity index (χ2n) is 4.19. The third-order valence-corrected chi connectivity index (χ3v) is 2.27. The molecule has 0 rings (SSSR count). The van der Waals surface area contributed by atoms with Gasteiger partial charge in [0.2, 0.25) is 0 Å². The smallest absolute Gasteiger partial charge is 0.139 e. The van der Waals surface area contributed by atoms with E-state index in [9.17, 15) is 0 Å². The van der Waals surface area contributed by atoms with Gasteiger partial charge in [0.1, 0.15) is 5.84 Å². The maximum atomic E-state index is 8.31. The predicted molar refractivity (Wildman–Crippen MR) is 61.2 cm³/mol. The first kappa shape index (κ1) is 14.2. The van der Waals surface area contributed by atoms with Crippen molar-refractivity contribution in [3.05, 3.63) is 0 Å². The topological polar surface area (TPSA) is 79.9 Å². The summed E-state index contributed by atoms with van der Waals surface area (Å²) >= 11 is 0. The summed E-state index contributed by atoms with van der Waals surface area (Å²) in [5.74, 6) is 0.298. The van der Waals surface area contributed by atoms with Crippen LogP contribution >= 0.6 is 0 Å². The van der Waals surface area contributed by atoms with Crippen LogP contribution in [0.5, 0.6) is 0 Å². The number of methoxy groups -OCH3 is 1. The summed E-state index contributed by atoms with van der Waals surface area (Å²) in [5.41, 5.74) is 5.22. The van der Waals surface area contributed by atoms with Crippen molar-refractivity contribution in [2.45, 2.75) is 38.7 Å². The molecule has 0 aromatic heterocycles. The van der Waals surface area contributed by atoms with Crippen molar-refractivity contribution in [1.82, 2.24) is 5.32 Å². The largest absolute Gasteiger partial charge is 0.409 e. The SMILES string of the molecule is COC(C)(C)CNCCCCC(N)=NO. The van der Waals surface area contributed by atoms with Crippen LogP contribution in [-0.2, 0) is 4.74 Å². The molecule has 0 radical (unpaired) electrons. The number of rotatable bonds is 8. The first-order chi connectivity index (χ1) is 7.02. The number of nitrogens with zero attached hydrogens (tertiary/aromatic N) is 1. The number of oxime groups is 1. The number of nitrogens with one attached hydrogen (secondary N) is 1. The Labute approximate surface area is 91.7 Å². The summed E-state index contributed by atoms with van der Waals surface area (Å²) in [6.07, 6.45) is 2.58. The number of ether oxygens (including phenoxy) is 1. The first-order valence-electron chi connectivity index (χ1n) is 5.24. The lowest BCUT2D eigenvalue weighted by Crippen LogP contribution is -2.37. The molecule has 0 heterocycles. The molecule has 0 aliphatic heterocycles.